The Morgan fingerprint density at radius 1 is 1.44 bits per heavy atom. The normalized spacial score (nSPS) is 17.4. The Bertz CT molecular complexity index is 921. The molecule has 0 unspecified atom stereocenters. The van der Waals surface area contributed by atoms with Gasteiger partial charge in [-0.15, -0.1) is 0 Å². The second-order valence-electron chi connectivity index (χ2n) is 6.60. The molecular weight excluding hydrogens is 348 g/mol. The zero-order chi connectivity index (χ0) is 18.6. The molecule has 1 saturated heterocycles. The third kappa shape index (κ3) is 3.77. The zero-order valence-electron chi connectivity index (χ0n) is 15.1. The van der Waals surface area contributed by atoms with E-state index in [-0.39, 0.29) is 12.1 Å². The van der Waals surface area contributed by atoms with Gasteiger partial charge in [0.05, 0.1) is 18.3 Å². The molecular formula is C18H22N6O3. The molecule has 1 fully saturated rings. The minimum absolute atomic E-state index is 0.171. The molecule has 0 saturated carbocycles. The highest BCUT2D eigenvalue weighted by Crippen LogP contribution is 2.30. The predicted octanol–water partition coefficient (Wildman–Crippen LogP) is 2.89. The minimum atomic E-state index is -0.210. The van der Waals surface area contributed by atoms with Gasteiger partial charge in [0.2, 0.25) is 5.89 Å². The number of nitrogens with zero attached hydrogens (tertiary/aromatic N) is 4. The number of ether oxygens (including phenoxy) is 1. The van der Waals surface area contributed by atoms with Crippen LogP contribution in [0, 0.1) is 0 Å². The first-order valence-corrected chi connectivity index (χ1v) is 9.07. The Morgan fingerprint density at radius 2 is 2.37 bits per heavy atom. The maximum Gasteiger partial charge on any atom is 0.322 e. The average Bonchev–Trinajstić information content (AvgIpc) is 3.35. The number of likely N-dealkylation sites (tertiary alicyclic amines) is 1. The van der Waals surface area contributed by atoms with Crippen LogP contribution in [0.4, 0.5) is 10.5 Å². The maximum atomic E-state index is 12.9. The minimum Gasteiger partial charge on any atom is -0.384 e. The number of methoxy groups -OCH3 is 1. The van der Waals surface area contributed by atoms with Gasteiger partial charge >= 0.3 is 6.03 Å². The van der Waals surface area contributed by atoms with Crippen LogP contribution in [-0.4, -0.2) is 51.5 Å². The molecule has 1 aliphatic rings. The van der Waals surface area contributed by atoms with Gasteiger partial charge in [-0.05, 0) is 37.5 Å². The third-order valence-corrected chi connectivity index (χ3v) is 4.76. The molecule has 142 valence electrons. The Labute approximate surface area is 156 Å². The second-order valence-corrected chi connectivity index (χ2v) is 6.60. The molecule has 2 aromatic heterocycles. The summed E-state index contributed by atoms with van der Waals surface area (Å²) in [6.45, 7) is 1.18. The van der Waals surface area contributed by atoms with Crippen molar-refractivity contribution >= 4 is 22.6 Å². The molecule has 9 heteroatoms. The van der Waals surface area contributed by atoms with Gasteiger partial charge in [-0.2, -0.15) is 10.1 Å². The number of hydrogen-bond donors (Lipinski definition) is 2. The van der Waals surface area contributed by atoms with Gasteiger partial charge in [0.15, 0.2) is 5.82 Å². The topological polar surface area (TPSA) is 109 Å². The van der Waals surface area contributed by atoms with Crippen molar-refractivity contribution in [3.05, 3.63) is 36.1 Å². The lowest BCUT2D eigenvalue weighted by molar-refractivity contribution is 0.142. The highest BCUT2D eigenvalue weighted by atomic mass is 16.5. The summed E-state index contributed by atoms with van der Waals surface area (Å²) in [5.74, 6) is 1.09. The number of carbonyl (C=O) groups is 1. The summed E-state index contributed by atoms with van der Waals surface area (Å²) in [5.41, 5.74) is 1.59. The molecule has 4 rings (SSSR count). The highest BCUT2D eigenvalue weighted by molar-refractivity contribution is 5.92. The molecule has 1 atom stereocenters. The number of rotatable bonds is 5. The molecule has 2 N–H and O–H groups in total. The number of amides is 2. The van der Waals surface area contributed by atoms with E-state index in [9.17, 15) is 4.79 Å². The lowest BCUT2D eigenvalue weighted by Crippen LogP contribution is -2.41. The van der Waals surface area contributed by atoms with Crippen LogP contribution in [0.15, 0.2) is 28.9 Å². The van der Waals surface area contributed by atoms with Gasteiger partial charge in [0, 0.05) is 31.1 Å². The molecule has 9 nitrogen and oxygen atoms in total. The van der Waals surface area contributed by atoms with E-state index in [2.05, 4.69) is 25.7 Å². The monoisotopic (exact) mass is 370 g/mol. The van der Waals surface area contributed by atoms with E-state index in [0.717, 1.165) is 30.2 Å². The first-order valence-electron chi connectivity index (χ1n) is 9.07. The fourth-order valence-corrected chi connectivity index (χ4v) is 3.34. The molecule has 0 radical (unpaired) electrons. The molecule has 1 aliphatic heterocycles. The summed E-state index contributed by atoms with van der Waals surface area (Å²) in [7, 11) is 1.63. The van der Waals surface area contributed by atoms with Crippen molar-refractivity contribution in [3.8, 4) is 0 Å². The molecule has 3 aromatic rings. The van der Waals surface area contributed by atoms with Crippen LogP contribution in [0.25, 0.3) is 10.9 Å². The second kappa shape index (κ2) is 7.75. The van der Waals surface area contributed by atoms with Crippen LogP contribution < -0.4 is 5.32 Å². The quantitative estimate of drug-likeness (QED) is 0.715. The van der Waals surface area contributed by atoms with Gasteiger partial charge in [0.1, 0.15) is 6.04 Å². The largest absolute Gasteiger partial charge is 0.384 e. The number of urea groups is 1. The van der Waals surface area contributed by atoms with Gasteiger partial charge < -0.3 is 19.5 Å². The van der Waals surface area contributed by atoms with E-state index >= 15 is 0 Å². The molecule has 1 aromatic carbocycles. The Balaban J connectivity index is 1.49. The number of anilines is 1. The van der Waals surface area contributed by atoms with Crippen molar-refractivity contribution in [2.75, 3.05) is 25.6 Å². The summed E-state index contributed by atoms with van der Waals surface area (Å²) in [6, 6.07) is 5.27. The van der Waals surface area contributed by atoms with Crippen molar-refractivity contribution < 1.29 is 14.1 Å². The number of nitrogens with one attached hydrogen (secondary N) is 2. The molecule has 0 spiro atoms. The van der Waals surface area contributed by atoms with Crippen molar-refractivity contribution in [3.63, 3.8) is 0 Å². The Kier molecular flexibility index (Phi) is 5.01. The van der Waals surface area contributed by atoms with Crippen molar-refractivity contribution in [2.24, 2.45) is 0 Å². The summed E-state index contributed by atoms with van der Waals surface area (Å²) < 4.78 is 10.5. The van der Waals surface area contributed by atoms with E-state index in [0.29, 0.717) is 37.0 Å². The average molecular weight is 370 g/mol. The highest BCUT2D eigenvalue weighted by Gasteiger charge is 2.32. The lowest BCUT2D eigenvalue weighted by atomic mass is 10.0. The number of hydrogen-bond acceptors (Lipinski definition) is 6. The van der Waals surface area contributed by atoms with E-state index in [4.69, 9.17) is 9.26 Å². The van der Waals surface area contributed by atoms with Crippen LogP contribution >= 0.6 is 0 Å². The number of carbonyl (C=O) groups excluding carboxylic acids is 1. The number of aromatic nitrogens is 4. The maximum absolute atomic E-state index is 12.9. The zero-order valence-corrected chi connectivity index (χ0v) is 15.1. The molecule has 2 amide bonds. The SMILES string of the molecule is COCCc1noc([C@H]2CCCCN2C(=O)Nc2ccc3cn[nH]c3c2)n1. The van der Waals surface area contributed by atoms with E-state index in [1.54, 1.807) is 18.2 Å². The number of fused-ring (bicyclic) bond motifs is 1. The predicted molar refractivity (Wildman–Crippen MR) is 98.3 cm³/mol. The molecule has 0 bridgehead atoms. The Morgan fingerprint density at radius 3 is 3.26 bits per heavy atom. The van der Waals surface area contributed by atoms with Crippen LogP contribution in [0.1, 0.15) is 37.0 Å². The Hall–Kier alpha value is -2.94. The number of piperidine rings is 1. The van der Waals surface area contributed by atoms with Gasteiger partial charge in [0.25, 0.3) is 0 Å². The van der Waals surface area contributed by atoms with Gasteiger partial charge in [-0.3, -0.25) is 5.10 Å². The van der Waals surface area contributed by atoms with Gasteiger partial charge in [-0.25, -0.2) is 4.79 Å². The molecule has 3 heterocycles. The van der Waals surface area contributed by atoms with Crippen LogP contribution in [0.2, 0.25) is 0 Å². The van der Waals surface area contributed by atoms with Crippen molar-refractivity contribution in [2.45, 2.75) is 31.7 Å². The fourth-order valence-electron chi connectivity index (χ4n) is 3.34. The smallest absolute Gasteiger partial charge is 0.322 e. The van der Waals surface area contributed by atoms with E-state index < -0.39 is 0 Å². The summed E-state index contributed by atoms with van der Waals surface area (Å²) in [5, 5.41) is 14.9. The van der Waals surface area contributed by atoms with E-state index in [1.807, 2.05) is 18.2 Å². The van der Waals surface area contributed by atoms with E-state index in [1.165, 1.54) is 0 Å². The third-order valence-electron chi connectivity index (χ3n) is 4.76. The van der Waals surface area contributed by atoms with Gasteiger partial charge in [-0.1, -0.05) is 5.16 Å². The standard InChI is InChI=1S/C18H22N6O3/c1-26-9-7-16-21-17(27-23-16)15-4-2-3-8-24(15)18(25)20-13-6-5-12-11-19-22-14(12)10-13/h5-6,10-11,15H,2-4,7-9H2,1H3,(H,19,22)(H,20,25)/t15-/m1/s1. The number of aromatic amines is 1. The molecule has 0 aliphatic carbocycles. The first-order chi connectivity index (χ1) is 13.2. The lowest BCUT2D eigenvalue weighted by Gasteiger charge is -2.33. The summed E-state index contributed by atoms with van der Waals surface area (Å²) in [6.07, 6.45) is 5.11. The van der Waals surface area contributed by atoms with Crippen molar-refractivity contribution in [1.82, 2.24) is 25.2 Å². The number of H-pyrrole nitrogens is 1. The van der Waals surface area contributed by atoms with Crippen LogP contribution in [-0.2, 0) is 11.2 Å². The molecule has 27 heavy (non-hydrogen) atoms. The summed E-state index contributed by atoms with van der Waals surface area (Å²) >= 11 is 0. The number of benzene rings is 1. The summed E-state index contributed by atoms with van der Waals surface area (Å²) in [4.78, 5) is 19.1. The first kappa shape index (κ1) is 17.5. The van der Waals surface area contributed by atoms with Crippen LogP contribution in [0.5, 0.6) is 0 Å². The fraction of sp³-hybridized carbons (Fsp3) is 0.444. The van der Waals surface area contributed by atoms with Crippen molar-refractivity contribution in [1.29, 1.82) is 0 Å². The van der Waals surface area contributed by atoms with Crippen LogP contribution in [0.3, 0.4) is 0 Å².